The summed E-state index contributed by atoms with van der Waals surface area (Å²) < 4.78 is 0. The lowest BCUT2D eigenvalue weighted by Crippen LogP contribution is -2.11. The minimum Gasteiger partial charge on any atom is -0.326 e. The molecule has 0 saturated carbocycles. The van der Waals surface area contributed by atoms with E-state index >= 15 is 0 Å². The summed E-state index contributed by atoms with van der Waals surface area (Å²) in [7, 11) is 4.01. The van der Waals surface area contributed by atoms with Gasteiger partial charge >= 0.3 is 0 Å². The SMILES string of the molecule is CC(C)c1ccc(NC(=O)CCCC[C@H]2CCSS2)cc1. The highest BCUT2D eigenvalue weighted by Crippen LogP contribution is 2.39. The number of anilines is 1. The van der Waals surface area contributed by atoms with E-state index in [0.717, 1.165) is 23.8 Å². The molecule has 116 valence electrons. The van der Waals surface area contributed by atoms with Gasteiger partial charge in [-0.1, -0.05) is 54.0 Å². The van der Waals surface area contributed by atoms with Crippen molar-refractivity contribution in [2.45, 2.75) is 57.1 Å². The fourth-order valence-corrected chi connectivity index (χ4v) is 5.42. The van der Waals surface area contributed by atoms with Gasteiger partial charge in [0.2, 0.25) is 5.91 Å². The number of hydrogen-bond acceptors (Lipinski definition) is 3. The van der Waals surface area contributed by atoms with E-state index in [2.05, 4.69) is 31.3 Å². The van der Waals surface area contributed by atoms with Gasteiger partial charge in [0.15, 0.2) is 0 Å². The zero-order valence-corrected chi connectivity index (χ0v) is 14.6. The molecule has 2 nitrogen and oxygen atoms in total. The van der Waals surface area contributed by atoms with Gasteiger partial charge in [0.05, 0.1) is 0 Å². The maximum atomic E-state index is 11.9. The average molecular weight is 324 g/mol. The Morgan fingerprint density at radius 3 is 2.67 bits per heavy atom. The second kappa shape index (κ2) is 8.74. The quantitative estimate of drug-likeness (QED) is 0.533. The maximum Gasteiger partial charge on any atom is 0.224 e. The monoisotopic (exact) mass is 323 g/mol. The molecule has 1 heterocycles. The van der Waals surface area contributed by atoms with Crippen LogP contribution in [0.5, 0.6) is 0 Å². The predicted octanol–water partition coefficient (Wildman–Crippen LogP) is 5.46. The van der Waals surface area contributed by atoms with E-state index in [9.17, 15) is 4.79 Å². The van der Waals surface area contributed by atoms with Crippen molar-refractivity contribution in [1.29, 1.82) is 0 Å². The molecule has 1 N–H and O–H groups in total. The van der Waals surface area contributed by atoms with Crippen molar-refractivity contribution in [3.8, 4) is 0 Å². The summed E-state index contributed by atoms with van der Waals surface area (Å²) in [5.41, 5.74) is 2.21. The van der Waals surface area contributed by atoms with Crippen LogP contribution in [0.3, 0.4) is 0 Å². The fraction of sp³-hybridized carbons (Fsp3) is 0.588. The molecule has 1 saturated heterocycles. The van der Waals surface area contributed by atoms with E-state index < -0.39 is 0 Å². The molecule has 0 unspecified atom stereocenters. The van der Waals surface area contributed by atoms with Crippen molar-refractivity contribution in [3.05, 3.63) is 29.8 Å². The summed E-state index contributed by atoms with van der Waals surface area (Å²) in [6.45, 7) is 4.35. The molecular formula is C17H25NOS2. The van der Waals surface area contributed by atoms with Gasteiger partial charge in [-0.3, -0.25) is 4.79 Å². The summed E-state index contributed by atoms with van der Waals surface area (Å²) in [6, 6.07) is 8.18. The van der Waals surface area contributed by atoms with E-state index in [1.54, 1.807) is 0 Å². The summed E-state index contributed by atoms with van der Waals surface area (Å²) in [5.74, 6) is 1.96. The zero-order valence-electron chi connectivity index (χ0n) is 12.9. The topological polar surface area (TPSA) is 29.1 Å². The summed E-state index contributed by atoms with van der Waals surface area (Å²) >= 11 is 0. The predicted molar refractivity (Wildman–Crippen MR) is 96.1 cm³/mol. The van der Waals surface area contributed by atoms with Gasteiger partial charge in [0.1, 0.15) is 0 Å². The maximum absolute atomic E-state index is 11.9. The Morgan fingerprint density at radius 1 is 1.29 bits per heavy atom. The number of amides is 1. The van der Waals surface area contributed by atoms with E-state index in [-0.39, 0.29) is 5.91 Å². The molecular weight excluding hydrogens is 298 g/mol. The van der Waals surface area contributed by atoms with Crippen LogP contribution >= 0.6 is 21.6 Å². The van der Waals surface area contributed by atoms with Crippen LogP contribution in [0.4, 0.5) is 5.69 Å². The van der Waals surface area contributed by atoms with Crippen LogP contribution in [0.15, 0.2) is 24.3 Å². The van der Waals surface area contributed by atoms with Crippen molar-refractivity contribution in [2.75, 3.05) is 11.1 Å². The highest BCUT2D eigenvalue weighted by Gasteiger charge is 2.15. The Bertz CT molecular complexity index is 439. The first-order valence-corrected chi connectivity index (χ1v) is 10.2. The van der Waals surface area contributed by atoms with Crippen molar-refractivity contribution in [1.82, 2.24) is 0 Å². The number of carbonyl (C=O) groups is 1. The molecule has 21 heavy (non-hydrogen) atoms. The van der Waals surface area contributed by atoms with Gasteiger partial charge in [0.25, 0.3) is 0 Å². The normalized spacial score (nSPS) is 18.1. The molecule has 0 radical (unpaired) electrons. The standard InChI is InChI=1S/C17H25NOS2/c1-13(2)14-7-9-15(10-8-14)18-17(19)6-4-3-5-16-11-12-20-21-16/h7-10,13,16H,3-6,11-12H2,1-2H3,(H,18,19)/t16-/m0/s1. The first-order valence-electron chi connectivity index (χ1n) is 7.83. The summed E-state index contributed by atoms with van der Waals surface area (Å²) in [6.07, 6.45) is 5.39. The van der Waals surface area contributed by atoms with Gasteiger partial charge in [-0.2, -0.15) is 0 Å². The third-order valence-electron chi connectivity index (χ3n) is 3.77. The number of nitrogens with one attached hydrogen (secondary N) is 1. The second-order valence-electron chi connectivity index (χ2n) is 5.90. The molecule has 4 heteroatoms. The van der Waals surface area contributed by atoms with Crippen LogP contribution < -0.4 is 5.32 Å². The van der Waals surface area contributed by atoms with Crippen LogP contribution in [0.2, 0.25) is 0 Å². The highest BCUT2D eigenvalue weighted by molar-refractivity contribution is 8.77. The van der Waals surface area contributed by atoms with Gasteiger partial charge in [-0.25, -0.2) is 0 Å². The van der Waals surface area contributed by atoms with Crippen LogP contribution in [0.25, 0.3) is 0 Å². The van der Waals surface area contributed by atoms with Crippen molar-refractivity contribution < 1.29 is 4.79 Å². The van der Waals surface area contributed by atoms with Gasteiger partial charge in [0, 0.05) is 23.1 Å². The third-order valence-corrected chi connectivity index (χ3v) is 6.78. The molecule has 1 atom stereocenters. The van der Waals surface area contributed by atoms with E-state index in [0.29, 0.717) is 12.3 Å². The second-order valence-corrected chi connectivity index (χ2v) is 8.69. The summed E-state index contributed by atoms with van der Waals surface area (Å²) in [4.78, 5) is 11.9. The Hall–Kier alpha value is -0.610. The van der Waals surface area contributed by atoms with Gasteiger partial charge in [-0.05, 0) is 42.9 Å². The first kappa shape index (κ1) is 16.8. The van der Waals surface area contributed by atoms with Gasteiger partial charge in [-0.15, -0.1) is 0 Å². The number of benzene rings is 1. The molecule has 1 amide bonds. The fourth-order valence-electron chi connectivity index (χ4n) is 2.40. The van der Waals surface area contributed by atoms with Crippen LogP contribution in [-0.4, -0.2) is 16.9 Å². The molecule has 0 aliphatic carbocycles. The van der Waals surface area contributed by atoms with Crippen LogP contribution in [0.1, 0.15) is 57.4 Å². The average Bonchev–Trinajstić information content (AvgIpc) is 2.97. The lowest BCUT2D eigenvalue weighted by molar-refractivity contribution is -0.116. The molecule has 0 spiro atoms. The molecule has 0 bridgehead atoms. The number of unbranched alkanes of at least 4 members (excludes halogenated alkanes) is 1. The van der Waals surface area contributed by atoms with Crippen molar-refractivity contribution >= 4 is 33.2 Å². The highest BCUT2D eigenvalue weighted by atomic mass is 33.1. The van der Waals surface area contributed by atoms with Gasteiger partial charge < -0.3 is 5.32 Å². The lowest BCUT2D eigenvalue weighted by Gasteiger charge is -2.09. The number of hydrogen-bond donors (Lipinski definition) is 1. The molecule has 0 aromatic heterocycles. The Morgan fingerprint density at radius 2 is 2.05 bits per heavy atom. The number of carbonyl (C=O) groups excluding carboxylic acids is 1. The van der Waals surface area contributed by atoms with Crippen LogP contribution in [0, 0.1) is 0 Å². The van der Waals surface area contributed by atoms with E-state index in [1.165, 1.54) is 24.2 Å². The van der Waals surface area contributed by atoms with Crippen LogP contribution in [-0.2, 0) is 4.79 Å². The molecule has 1 aromatic carbocycles. The van der Waals surface area contributed by atoms with E-state index in [4.69, 9.17) is 0 Å². The molecule has 2 rings (SSSR count). The molecule has 1 fully saturated rings. The zero-order chi connectivity index (χ0) is 15.1. The molecule has 1 aliphatic rings. The Labute approximate surface area is 136 Å². The smallest absolute Gasteiger partial charge is 0.224 e. The van der Waals surface area contributed by atoms with Crippen molar-refractivity contribution in [2.24, 2.45) is 0 Å². The molecule has 1 aliphatic heterocycles. The Balaban J connectivity index is 1.64. The third kappa shape index (κ3) is 5.95. The molecule has 1 aromatic rings. The Kier molecular flexibility index (Phi) is 6.97. The minimum absolute atomic E-state index is 0.140. The van der Waals surface area contributed by atoms with Crippen molar-refractivity contribution in [3.63, 3.8) is 0 Å². The van der Waals surface area contributed by atoms with E-state index in [1.807, 2.05) is 33.7 Å². The largest absolute Gasteiger partial charge is 0.326 e. The first-order chi connectivity index (χ1) is 10.1. The number of rotatable bonds is 7. The summed E-state index contributed by atoms with van der Waals surface area (Å²) in [5, 5.41) is 3.81. The minimum atomic E-state index is 0.140. The lowest BCUT2D eigenvalue weighted by atomic mass is 10.0.